The van der Waals surface area contributed by atoms with Crippen LogP contribution in [0, 0.1) is 0 Å². The van der Waals surface area contributed by atoms with Gasteiger partial charge in [-0.3, -0.25) is 19.1 Å². The fraction of sp³-hybridized carbons (Fsp3) is 0.480. The van der Waals surface area contributed by atoms with E-state index in [0.29, 0.717) is 29.1 Å². The summed E-state index contributed by atoms with van der Waals surface area (Å²) < 4.78 is 7.33. The van der Waals surface area contributed by atoms with E-state index in [1.165, 1.54) is 25.7 Å². The maximum Gasteiger partial charge on any atom is 0.261 e. The number of aromatic nitrogens is 2. The molecule has 1 N–H and O–H groups in total. The zero-order valence-corrected chi connectivity index (χ0v) is 18.4. The summed E-state index contributed by atoms with van der Waals surface area (Å²) >= 11 is 0. The summed E-state index contributed by atoms with van der Waals surface area (Å²) in [4.78, 5) is 32.7. The molecule has 0 atom stereocenters. The van der Waals surface area contributed by atoms with Gasteiger partial charge in [0, 0.05) is 37.7 Å². The fourth-order valence-electron chi connectivity index (χ4n) is 5.06. The molecule has 0 unspecified atom stereocenters. The van der Waals surface area contributed by atoms with Crippen LogP contribution in [0.2, 0.25) is 0 Å². The molecule has 0 radical (unpaired) electrons. The third-order valence-electron chi connectivity index (χ3n) is 6.79. The third-order valence-corrected chi connectivity index (χ3v) is 6.79. The van der Waals surface area contributed by atoms with Crippen LogP contribution in [-0.2, 0) is 19.5 Å². The Hall–Kier alpha value is -2.93. The first-order valence-corrected chi connectivity index (χ1v) is 11.8. The van der Waals surface area contributed by atoms with Crippen molar-refractivity contribution < 1.29 is 9.21 Å². The number of nitrogens with zero attached hydrogens (tertiary/aromatic N) is 3. The second-order valence-electron chi connectivity index (χ2n) is 8.92. The fourth-order valence-corrected chi connectivity index (χ4v) is 5.06. The highest BCUT2D eigenvalue weighted by atomic mass is 16.3. The van der Waals surface area contributed by atoms with Crippen LogP contribution in [0.1, 0.15) is 60.5 Å². The summed E-state index contributed by atoms with van der Waals surface area (Å²) in [5.74, 6) is 1.66. The van der Waals surface area contributed by atoms with Crippen LogP contribution in [0.5, 0.6) is 0 Å². The first-order valence-electron chi connectivity index (χ1n) is 11.8. The Morgan fingerprint density at radius 1 is 1.19 bits per heavy atom. The molecule has 1 amide bonds. The van der Waals surface area contributed by atoms with Gasteiger partial charge in [0.1, 0.15) is 11.6 Å². The molecule has 7 nitrogen and oxygen atoms in total. The van der Waals surface area contributed by atoms with E-state index < -0.39 is 0 Å². The molecule has 0 spiro atoms. The van der Waals surface area contributed by atoms with E-state index in [1.54, 1.807) is 29.0 Å². The Balaban J connectivity index is 1.26. The van der Waals surface area contributed by atoms with Gasteiger partial charge < -0.3 is 9.73 Å². The number of hydrogen-bond donors (Lipinski definition) is 1. The van der Waals surface area contributed by atoms with Crippen LogP contribution in [0.15, 0.2) is 45.8 Å². The van der Waals surface area contributed by atoms with Crippen LogP contribution in [-0.4, -0.2) is 39.5 Å². The first-order chi connectivity index (χ1) is 15.7. The normalized spacial score (nSPS) is 16.5. The molecule has 0 saturated heterocycles. The first kappa shape index (κ1) is 20.9. The number of benzene rings is 1. The molecule has 1 fully saturated rings. The average Bonchev–Trinajstić information content (AvgIpc) is 3.53. The lowest BCUT2D eigenvalue weighted by Crippen LogP contribution is -2.39. The van der Waals surface area contributed by atoms with Crippen molar-refractivity contribution in [3.8, 4) is 0 Å². The zero-order valence-electron chi connectivity index (χ0n) is 18.4. The second kappa shape index (κ2) is 9.28. The van der Waals surface area contributed by atoms with Crippen molar-refractivity contribution in [3.63, 3.8) is 0 Å². The summed E-state index contributed by atoms with van der Waals surface area (Å²) in [6, 6.07) is 9.68. The summed E-state index contributed by atoms with van der Waals surface area (Å²) in [5, 5.41) is 3.63. The largest absolute Gasteiger partial charge is 0.468 e. The molecule has 2 aliphatic rings. The van der Waals surface area contributed by atoms with Gasteiger partial charge in [0.25, 0.3) is 11.5 Å². The predicted molar refractivity (Wildman–Crippen MR) is 123 cm³/mol. The van der Waals surface area contributed by atoms with E-state index >= 15 is 0 Å². The van der Waals surface area contributed by atoms with Crippen molar-refractivity contribution in [1.29, 1.82) is 0 Å². The van der Waals surface area contributed by atoms with Gasteiger partial charge in [-0.1, -0.05) is 12.8 Å². The highest BCUT2D eigenvalue weighted by Gasteiger charge is 2.23. The standard InChI is InChI=1S/C25H30N4O3/c30-24(26-12-14-28(19-6-1-2-7-19)17-20-8-5-15-32-20)18-10-11-21-22(16-18)27-23-9-3-4-13-29(23)25(21)31/h5,8,10-11,15-16,19H,1-4,6-7,9,12-14,17H2,(H,26,30). The molecule has 1 saturated carbocycles. The average molecular weight is 435 g/mol. The van der Waals surface area contributed by atoms with Crippen LogP contribution < -0.4 is 10.9 Å². The molecule has 7 heteroatoms. The zero-order chi connectivity index (χ0) is 21.9. The van der Waals surface area contributed by atoms with Crippen LogP contribution in [0.3, 0.4) is 0 Å². The molecular formula is C25H30N4O3. The van der Waals surface area contributed by atoms with E-state index in [1.807, 2.05) is 12.1 Å². The van der Waals surface area contributed by atoms with Crippen LogP contribution >= 0.6 is 0 Å². The number of carbonyl (C=O) groups is 1. The highest BCUT2D eigenvalue weighted by molar-refractivity contribution is 5.97. The number of carbonyl (C=O) groups excluding carboxylic acids is 1. The van der Waals surface area contributed by atoms with E-state index in [4.69, 9.17) is 4.42 Å². The van der Waals surface area contributed by atoms with E-state index in [-0.39, 0.29) is 11.5 Å². The molecule has 3 aromatic rings. The van der Waals surface area contributed by atoms with Gasteiger partial charge in [0.2, 0.25) is 0 Å². The number of hydrogen-bond acceptors (Lipinski definition) is 5. The molecule has 2 aromatic heterocycles. The van der Waals surface area contributed by atoms with Crippen molar-refractivity contribution in [3.05, 3.63) is 64.1 Å². The minimum atomic E-state index is -0.129. The summed E-state index contributed by atoms with van der Waals surface area (Å²) in [6.07, 6.45) is 9.51. The monoisotopic (exact) mass is 434 g/mol. The number of aryl methyl sites for hydroxylation is 1. The molecule has 32 heavy (non-hydrogen) atoms. The molecule has 3 heterocycles. The van der Waals surface area contributed by atoms with Crippen molar-refractivity contribution in [2.75, 3.05) is 13.1 Å². The Morgan fingerprint density at radius 3 is 2.88 bits per heavy atom. The van der Waals surface area contributed by atoms with Crippen molar-refractivity contribution in [2.45, 2.75) is 64.1 Å². The minimum absolute atomic E-state index is 0.00166. The maximum absolute atomic E-state index is 12.8. The number of fused-ring (bicyclic) bond motifs is 2. The Labute approximate surface area is 187 Å². The maximum atomic E-state index is 12.8. The van der Waals surface area contributed by atoms with E-state index in [9.17, 15) is 9.59 Å². The molecule has 168 valence electrons. The van der Waals surface area contributed by atoms with Gasteiger partial charge in [-0.15, -0.1) is 0 Å². The number of amides is 1. The second-order valence-corrected chi connectivity index (χ2v) is 8.92. The number of rotatable bonds is 7. The molecule has 1 aromatic carbocycles. The lowest BCUT2D eigenvalue weighted by molar-refractivity contribution is 0.0941. The minimum Gasteiger partial charge on any atom is -0.468 e. The number of furan rings is 1. The SMILES string of the molecule is O=C(NCCN(Cc1ccco1)C1CCCC1)c1ccc2c(=O)n3c(nc2c1)CCCC3. The van der Waals surface area contributed by atoms with Gasteiger partial charge in [-0.25, -0.2) is 4.98 Å². The Bertz CT molecular complexity index is 1150. The highest BCUT2D eigenvalue weighted by Crippen LogP contribution is 2.25. The smallest absolute Gasteiger partial charge is 0.261 e. The molecule has 0 bridgehead atoms. The summed E-state index contributed by atoms with van der Waals surface area (Å²) in [6.45, 7) is 2.84. The number of nitrogens with one attached hydrogen (secondary N) is 1. The predicted octanol–water partition coefficient (Wildman–Crippen LogP) is 3.50. The van der Waals surface area contributed by atoms with Gasteiger partial charge in [-0.2, -0.15) is 0 Å². The van der Waals surface area contributed by atoms with Gasteiger partial charge in [0.15, 0.2) is 0 Å². The van der Waals surface area contributed by atoms with Gasteiger partial charge >= 0.3 is 0 Å². The molecular weight excluding hydrogens is 404 g/mol. The van der Waals surface area contributed by atoms with E-state index in [2.05, 4.69) is 15.2 Å². The third kappa shape index (κ3) is 4.35. The molecule has 5 rings (SSSR count). The van der Waals surface area contributed by atoms with Gasteiger partial charge in [-0.05, 0) is 56.0 Å². The van der Waals surface area contributed by atoms with Crippen molar-refractivity contribution in [1.82, 2.24) is 19.8 Å². The van der Waals surface area contributed by atoms with Gasteiger partial charge in [0.05, 0.1) is 23.7 Å². The topological polar surface area (TPSA) is 80.4 Å². The van der Waals surface area contributed by atoms with E-state index in [0.717, 1.165) is 50.5 Å². The lowest BCUT2D eigenvalue weighted by Gasteiger charge is -2.28. The quantitative estimate of drug-likeness (QED) is 0.616. The Morgan fingerprint density at radius 2 is 2.06 bits per heavy atom. The summed E-state index contributed by atoms with van der Waals surface area (Å²) in [5.41, 5.74) is 1.16. The van der Waals surface area contributed by atoms with Crippen LogP contribution in [0.4, 0.5) is 0 Å². The lowest BCUT2D eigenvalue weighted by atomic mass is 10.1. The summed E-state index contributed by atoms with van der Waals surface area (Å²) in [7, 11) is 0. The molecule has 1 aliphatic carbocycles. The molecule has 1 aliphatic heterocycles. The van der Waals surface area contributed by atoms with Crippen molar-refractivity contribution >= 4 is 16.8 Å². The van der Waals surface area contributed by atoms with Crippen molar-refractivity contribution in [2.24, 2.45) is 0 Å². The Kier molecular flexibility index (Phi) is 6.08. The van der Waals surface area contributed by atoms with Crippen LogP contribution in [0.25, 0.3) is 10.9 Å².